The van der Waals surface area contributed by atoms with Gasteiger partial charge in [0.15, 0.2) is 0 Å². The van der Waals surface area contributed by atoms with E-state index in [4.69, 9.17) is 16.3 Å². The molecule has 1 aromatic heterocycles. The summed E-state index contributed by atoms with van der Waals surface area (Å²) in [5, 5.41) is 6.62. The highest BCUT2D eigenvalue weighted by atomic mass is 35.5. The number of ether oxygens (including phenoxy) is 1. The van der Waals surface area contributed by atoms with Crippen molar-refractivity contribution in [1.82, 2.24) is 15.1 Å². The third-order valence-corrected chi connectivity index (χ3v) is 2.49. The van der Waals surface area contributed by atoms with Gasteiger partial charge in [0.2, 0.25) is 0 Å². The highest BCUT2D eigenvalue weighted by molar-refractivity contribution is 6.20. The Hall–Kier alpha value is -1.07. The van der Waals surface area contributed by atoms with Crippen molar-refractivity contribution in [3.63, 3.8) is 0 Å². The van der Waals surface area contributed by atoms with Crippen molar-refractivity contribution >= 4 is 17.5 Å². The molecule has 0 spiro atoms. The molecule has 1 aromatic rings. The van der Waals surface area contributed by atoms with Crippen LogP contribution in [-0.4, -0.2) is 41.3 Å². The monoisotopic (exact) mass is 245 g/mol. The van der Waals surface area contributed by atoms with Gasteiger partial charge in [-0.15, -0.1) is 11.6 Å². The molecule has 0 aliphatic heterocycles. The van der Waals surface area contributed by atoms with E-state index in [1.165, 1.54) is 4.68 Å². The molecule has 16 heavy (non-hydrogen) atoms. The zero-order valence-corrected chi connectivity index (χ0v) is 10.2. The zero-order valence-electron chi connectivity index (χ0n) is 9.44. The Kier molecular flexibility index (Phi) is 5.28. The molecular formula is C10H16ClN3O2. The van der Waals surface area contributed by atoms with Gasteiger partial charge in [-0.25, -0.2) is 0 Å². The third kappa shape index (κ3) is 3.83. The Morgan fingerprint density at radius 1 is 1.75 bits per heavy atom. The van der Waals surface area contributed by atoms with Gasteiger partial charge >= 0.3 is 0 Å². The maximum absolute atomic E-state index is 11.6. The van der Waals surface area contributed by atoms with Crippen LogP contribution in [0.1, 0.15) is 16.9 Å². The minimum atomic E-state index is -0.138. The van der Waals surface area contributed by atoms with E-state index in [-0.39, 0.29) is 11.3 Å². The lowest BCUT2D eigenvalue weighted by molar-refractivity contribution is 0.0942. The number of nitrogens with one attached hydrogen (secondary N) is 1. The van der Waals surface area contributed by atoms with Crippen molar-refractivity contribution in [2.45, 2.75) is 11.8 Å². The Labute approximate surface area is 99.7 Å². The first kappa shape index (κ1) is 13.0. The van der Waals surface area contributed by atoms with Gasteiger partial charge in [0, 0.05) is 26.9 Å². The maximum Gasteiger partial charge on any atom is 0.269 e. The van der Waals surface area contributed by atoms with Crippen LogP contribution in [0.5, 0.6) is 0 Å². The van der Waals surface area contributed by atoms with Gasteiger partial charge < -0.3 is 10.1 Å². The summed E-state index contributed by atoms with van der Waals surface area (Å²) >= 11 is 5.93. The van der Waals surface area contributed by atoms with Crippen LogP contribution in [0.2, 0.25) is 0 Å². The molecule has 0 saturated carbocycles. The molecule has 1 heterocycles. The topological polar surface area (TPSA) is 56.1 Å². The fraction of sp³-hybridized carbons (Fsp3) is 0.600. The van der Waals surface area contributed by atoms with E-state index in [9.17, 15) is 4.79 Å². The predicted octanol–water partition coefficient (Wildman–Crippen LogP) is 0.794. The number of nitrogens with zero attached hydrogens (tertiary/aromatic N) is 2. The Morgan fingerprint density at radius 2 is 2.50 bits per heavy atom. The number of rotatable bonds is 6. The quantitative estimate of drug-likeness (QED) is 0.754. The second-order valence-electron chi connectivity index (χ2n) is 3.44. The third-order valence-electron chi connectivity index (χ3n) is 2.14. The second kappa shape index (κ2) is 6.50. The Morgan fingerprint density at radius 3 is 3.06 bits per heavy atom. The second-order valence-corrected chi connectivity index (χ2v) is 4.05. The van der Waals surface area contributed by atoms with Crippen molar-refractivity contribution in [3.8, 4) is 0 Å². The molecule has 5 nitrogen and oxygen atoms in total. The van der Waals surface area contributed by atoms with Crippen molar-refractivity contribution in [2.75, 3.05) is 20.3 Å². The van der Waals surface area contributed by atoms with Crippen molar-refractivity contribution < 1.29 is 9.53 Å². The average molecular weight is 246 g/mol. The molecule has 0 aliphatic carbocycles. The maximum atomic E-state index is 11.6. The molecule has 6 heteroatoms. The van der Waals surface area contributed by atoms with Crippen LogP contribution in [0.3, 0.4) is 0 Å². The zero-order chi connectivity index (χ0) is 12.0. The Balaban J connectivity index is 2.29. The highest BCUT2D eigenvalue weighted by Crippen LogP contribution is 2.01. The smallest absolute Gasteiger partial charge is 0.269 e. The normalized spacial score (nSPS) is 12.4. The fourth-order valence-corrected chi connectivity index (χ4v) is 1.53. The lowest BCUT2D eigenvalue weighted by Gasteiger charge is -2.09. The number of aryl methyl sites for hydroxylation is 1. The van der Waals surface area contributed by atoms with Crippen LogP contribution in [0, 0.1) is 0 Å². The number of hydrogen-bond acceptors (Lipinski definition) is 3. The van der Waals surface area contributed by atoms with Crippen molar-refractivity contribution in [1.29, 1.82) is 0 Å². The highest BCUT2D eigenvalue weighted by Gasteiger charge is 2.10. The lowest BCUT2D eigenvalue weighted by atomic mass is 10.3. The summed E-state index contributed by atoms with van der Waals surface area (Å²) in [6, 6.07) is 1.67. The molecular weight excluding hydrogens is 230 g/mol. The first-order chi connectivity index (χ1) is 7.65. The first-order valence-corrected chi connectivity index (χ1v) is 5.48. The van der Waals surface area contributed by atoms with Crippen LogP contribution < -0.4 is 5.32 Å². The molecule has 1 amide bonds. The van der Waals surface area contributed by atoms with Gasteiger partial charge in [0.1, 0.15) is 5.69 Å². The molecule has 0 fully saturated rings. The van der Waals surface area contributed by atoms with E-state index >= 15 is 0 Å². The van der Waals surface area contributed by atoms with E-state index in [2.05, 4.69) is 10.4 Å². The standard InChI is InChI=1S/C10H16ClN3O2/c1-14-9(4-6-13-14)10(15)12-5-3-8(11)7-16-2/h4,6,8H,3,5,7H2,1-2H3,(H,12,15). The van der Waals surface area contributed by atoms with Crippen LogP contribution in [0.25, 0.3) is 0 Å². The molecule has 0 radical (unpaired) electrons. The number of hydrogen-bond donors (Lipinski definition) is 1. The molecule has 1 atom stereocenters. The molecule has 90 valence electrons. The van der Waals surface area contributed by atoms with Crippen LogP contribution >= 0.6 is 11.6 Å². The SMILES string of the molecule is COCC(Cl)CCNC(=O)c1ccnn1C. The molecule has 0 aromatic carbocycles. The average Bonchev–Trinajstić information content (AvgIpc) is 2.64. The minimum absolute atomic E-state index is 0.0724. The lowest BCUT2D eigenvalue weighted by Crippen LogP contribution is -2.28. The summed E-state index contributed by atoms with van der Waals surface area (Å²) in [5.74, 6) is -0.138. The van der Waals surface area contributed by atoms with Gasteiger partial charge in [0.05, 0.1) is 12.0 Å². The number of aromatic nitrogens is 2. The van der Waals surface area contributed by atoms with E-state index in [0.717, 1.165) is 0 Å². The van der Waals surface area contributed by atoms with Gasteiger partial charge in [-0.1, -0.05) is 0 Å². The first-order valence-electron chi connectivity index (χ1n) is 5.04. The summed E-state index contributed by atoms with van der Waals surface area (Å²) in [4.78, 5) is 11.6. The van der Waals surface area contributed by atoms with Crippen LogP contribution in [0.15, 0.2) is 12.3 Å². The number of carbonyl (C=O) groups excluding carboxylic acids is 1. The van der Waals surface area contributed by atoms with E-state index in [1.807, 2.05) is 0 Å². The molecule has 1 rings (SSSR count). The predicted molar refractivity (Wildman–Crippen MR) is 61.7 cm³/mol. The van der Waals surface area contributed by atoms with Crippen molar-refractivity contribution in [2.24, 2.45) is 7.05 Å². The summed E-state index contributed by atoms with van der Waals surface area (Å²) < 4.78 is 6.42. The molecule has 1 unspecified atom stereocenters. The molecule has 0 aliphatic rings. The van der Waals surface area contributed by atoms with Gasteiger partial charge in [-0.3, -0.25) is 9.48 Å². The van der Waals surface area contributed by atoms with Crippen molar-refractivity contribution in [3.05, 3.63) is 18.0 Å². The van der Waals surface area contributed by atoms with Gasteiger partial charge in [0.25, 0.3) is 5.91 Å². The van der Waals surface area contributed by atoms with E-state index in [1.54, 1.807) is 26.4 Å². The number of carbonyl (C=O) groups is 1. The Bertz CT molecular complexity index is 341. The minimum Gasteiger partial charge on any atom is -0.383 e. The summed E-state index contributed by atoms with van der Waals surface area (Å²) in [6.45, 7) is 1.02. The molecule has 1 N–H and O–H groups in total. The van der Waals surface area contributed by atoms with Crippen LogP contribution in [0.4, 0.5) is 0 Å². The largest absolute Gasteiger partial charge is 0.383 e. The number of methoxy groups -OCH3 is 1. The van der Waals surface area contributed by atoms with E-state index in [0.29, 0.717) is 25.3 Å². The molecule has 0 bridgehead atoms. The summed E-state index contributed by atoms with van der Waals surface area (Å²) in [5.41, 5.74) is 0.540. The summed E-state index contributed by atoms with van der Waals surface area (Å²) in [6.07, 6.45) is 2.27. The number of amides is 1. The van der Waals surface area contributed by atoms with Gasteiger partial charge in [-0.2, -0.15) is 5.10 Å². The molecule has 0 saturated heterocycles. The van der Waals surface area contributed by atoms with E-state index < -0.39 is 0 Å². The summed E-state index contributed by atoms with van der Waals surface area (Å²) in [7, 11) is 3.33. The van der Waals surface area contributed by atoms with Gasteiger partial charge in [-0.05, 0) is 12.5 Å². The fourth-order valence-electron chi connectivity index (χ4n) is 1.29. The van der Waals surface area contributed by atoms with Crippen LogP contribution in [-0.2, 0) is 11.8 Å². The number of alkyl halides is 1. The number of halogens is 1.